The Bertz CT molecular complexity index is 446. The molecule has 0 unspecified atom stereocenters. The van der Waals surface area contributed by atoms with Crippen LogP contribution in [0, 0.1) is 0 Å². The molecule has 0 spiro atoms. The summed E-state index contributed by atoms with van der Waals surface area (Å²) in [5.74, 6) is 5.68. The molecule has 19 heavy (non-hydrogen) atoms. The van der Waals surface area contributed by atoms with Gasteiger partial charge in [0.15, 0.2) is 0 Å². The largest absolute Gasteiger partial charge is 0.450 e. The lowest BCUT2D eigenvalue weighted by atomic mass is 10.2. The highest BCUT2D eigenvalue weighted by Gasteiger charge is 2.11. The molecular formula is C13H19N3O2S. The highest BCUT2D eigenvalue weighted by atomic mass is 32.2. The molecule has 0 aromatic heterocycles. The van der Waals surface area contributed by atoms with E-state index in [4.69, 9.17) is 10.6 Å². The molecule has 0 radical (unpaired) electrons. The van der Waals surface area contributed by atoms with Gasteiger partial charge in [-0.25, -0.2) is 4.79 Å². The molecule has 1 rings (SSSR count). The van der Waals surface area contributed by atoms with Crippen molar-refractivity contribution in [2.75, 3.05) is 13.7 Å². The number of nitrogens with one attached hydrogen (secondary N) is 1. The maximum atomic E-state index is 11.5. The van der Waals surface area contributed by atoms with Crippen molar-refractivity contribution in [2.24, 2.45) is 5.84 Å². The van der Waals surface area contributed by atoms with Gasteiger partial charge in [0.1, 0.15) is 0 Å². The number of carbonyl (C=O) groups is 1. The number of amides is 1. The fraction of sp³-hybridized carbons (Fsp3) is 0.308. The van der Waals surface area contributed by atoms with Crippen molar-refractivity contribution < 1.29 is 9.53 Å². The average Bonchev–Trinajstić information content (AvgIpc) is 2.37. The number of alkyl carbamates (subject to hydrolysis) is 1. The molecule has 0 saturated heterocycles. The van der Waals surface area contributed by atoms with Gasteiger partial charge in [-0.15, -0.1) is 0 Å². The molecule has 0 saturated carbocycles. The van der Waals surface area contributed by atoms with Crippen molar-refractivity contribution in [3.63, 3.8) is 0 Å². The normalized spacial score (nSPS) is 12.1. The molecule has 0 aliphatic carbocycles. The van der Waals surface area contributed by atoms with Gasteiger partial charge in [0, 0.05) is 12.7 Å². The third-order valence-electron chi connectivity index (χ3n) is 2.18. The summed E-state index contributed by atoms with van der Waals surface area (Å²) in [5.41, 5.74) is 1.69. The van der Waals surface area contributed by atoms with E-state index in [1.54, 1.807) is 14.0 Å². The number of rotatable bonds is 5. The van der Waals surface area contributed by atoms with E-state index in [-0.39, 0.29) is 0 Å². The van der Waals surface area contributed by atoms with E-state index in [9.17, 15) is 4.79 Å². The molecule has 3 N–H and O–H groups in total. The zero-order chi connectivity index (χ0) is 14.3. The summed E-state index contributed by atoms with van der Waals surface area (Å²) in [7, 11) is 1.74. The van der Waals surface area contributed by atoms with E-state index in [0.717, 1.165) is 10.5 Å². The van der Waals surface area contributed by atoms with Gasteiger partial charge in [-0.1, -0.05) is 30.3 Å². The van der Waals surface area contributed by atoms with Crippen LogP contribution in [0.3, 0.4) is 0 Å². The number of allylic oxidation sites excluding steroid dienone is 1. The van der Waals surface area contributed by atoms with Crippen LogP contribution in [-0.2, 0) is 4.74 Å². The predicted octanol–water partition coefficient (Wildman–Crippen LogP) is 2.57. The van der Waals surface area contributed by atoms with Crippen LogP contribution in [-0.4, -0.2) is 24.2 Å². The Kier molecular flexibility index (Phi) is 6.41. The van der Waals surface area contributed by atoms with Gasteiger partial charge in [-0.2, -0.15) is 4.41 Å². The number of hydrogen-bond acceptors (Lipinski definition) is 5. The number of benzene rings is 1. The minimum absolute atomic E-state index is 0.337. The van der Waals surface area contributed by atoms with Crippen LogP contribution in [0.15, 0.2) is 36.0 Å². The third kappa shape index (κ3) is 5.34. The Morgan fingerprint density at radius 1 is 1.42 bits per heavy atom. The summed E-state index contributed by atoms with van der Waals surface area (Å²) in [4.78, 5) is 12.3. The summed E-state index contributed by atoms with van der Waals surface area (Å²) in [5, 5.41) is 2.70. The molecule has 0 aliphatic rings. The minimum atomic E-state index is -0.464. The molecule has 6 heteroatoms. The maximum absolute atomic E-state index is 11.5. The Morgan fingerprint density at radius 3 is 2.58 bits per heavy atom. The fourth-order valence-corrected chi connectivity index (χ4v) is 2.17. The monoisotopic (exact) mass is 281 g/mol. The second-order valence-electron chi connectivity index (χ2n) is 3.80. The molecule has 0 bridgehead atoms. The predicted molar refractivity (Wildman–Crippen MR) is 78.7 cm³/mol. The van der Waals surface area contributed by atoms with E-state index in [2.05, 4.69) is 5.32 Å². The van der Waals surface area contributed by atoms with Crippen molar-refractivity contribution in [2.45, 2.75) is 13.8 Å². The zero-order valence-corrected chi connectivity index (χ0v) is 12.2. The van der Waals surface area contributed by atoms with E-state index < -0.39 is 6.09 Å². The van der Waals surface area contributed by atoms with Crippen molar-refractivity contribution >= 4 is 22.9 Å². The Balaban J connectivity index is 2.98. The van der Waals surface area contributed by atoms with E-state index in [1.165, 1.54) is 16.4 Å². The highest BCUT2D eigenvalue weighted by molar-refractivity contribution is 8.06. The van der Waals surface area contributed by atoms with Crippen LogP contribution < -0.4 is 11.2 Å². The Morgan fingerprint density at radius 2 is 2.05 bits per heavy atom. The third-order valence-corrected chi connectivity index (χ3v) is 3.19. The lowest BCUT2D eigenvalue weighted by molar-refractivity contribution is 0.155. The molecule has 5 nitrogen and oxygen atoms in total. The first-order valence-corrected chi connectivity index (χ1v) is 6.68. The summed E-state index contributed by atoms with van der Waals surface area (Å²) in [6, 6.07) is 9.73. The van der Waals surface area contributed by atoms with E-state index in [0.29, 0.717) is 12.3 Å². The fourth-order valence-electron chi connectivity index (χ4n) is 1.45. The molecule has 1 aromatic rings. The topological polar surface area (TPSA) is 67.6 Å². The molecule has 104 valence electrons. The van der Waals surface area contributed by atoms with Gasteiger partial charge in [-0.05, 0) is 31.4 Å². The molecule has 0 heterocycles. The van der Waals surface area contributed by atoms with Gasteiger partial charge < -0.3 is 4.74 Å². The Labute approximate surface area is 117 Å². The van der Waals surface area contributed by atoms with Gasteiger partial charge in [-0.3, -0.25) is 11.2 Å². The first-order valence-electron chi connectivity index (χ1n) is 5.91. The first kappa shape index (κ1) is 15.6. The van der Waals surface area contributed by atoms with Crippen LogP contribution in [0.2, 0.25) is 0 Å². The number of nitrogens with zero attached hydrogens (tertiary/aromatic N) is 1. The molecule has 0 fully saturated rings. The SMILES string of the molecule is CCOC(=O)N/C(C)=C(/SN(C)N)c1ccccc1. The van der Waals surface area contributed by atoms with Crippen molar-refractivity contribution in [1.29, 1.82) is 0 Å². The summed E-state index contributed by atoms with van der Waals surface area (Å²) >= 11 is 1.34. The number of ether oxygens (including phenoxy) is 1. The van der Waals surface area contributed by atoms with Gasteiger partial charge >= 0.3 is 6.09 Å². The average molecular weight is 281 g/mol. The quantitative estimate of drug-likeness (QED) is 0.493. The van der Waals surface area contributed by atoms with Crippen LogP contribution in [0.4, 0.5) is 4.79 Å². The number of carbonyl (C=O) groups excluding carboxylic acids is 1. The van der Waals surface area contributed by atoms with Crippen LogP contribution >= 0.6 is 11.9 Å². The van der Waals surface area contributed by atoms with Crippen LogP contribution in [0.25, 0.3) is 4.91 Å². The van der Waals surface area contributed by atoms with E-state index >= 15 is 0 Å². The van der Waals surface area contributed by atoms with Gasteiger partial charge in [0.05, 0.1) is 11.5 Å². The van der Waals surface area contributed by atoms with Gasteiger partial charge in [0.2, 0.25) is 0 Å². The van der Waals surface area contributed by atoms with Gasteiger partial charge in [0.25, 0.3) is 0 Å². The molecule has 0 atom stereocenters. The smallest absolute Gasteiger partial charge is 0.411 e. The zero-order valence-electron chi connectivity index (χ0n) is 11.3. The number of hydrogen-bond donors (Lipinski definition) is 2. The standard InChI is InChI=1S/C13H19N3O2S/c1-4-18-13(17)15-10(2)12(19-16(3)14)11-8-6-5-7-9-11/h5-9H,4,14H2,1-3H3,(H,15,17)/b12-10+. The van der Waals surface area contributed by atoms with Crippen molar-refractivity contribution in [3.8, 4) is 0 Å². The molecule has 1 aromatic carbocycles. The Hall–Kier alpha value is -1.50. The van der Waals surface area contributed by atoms with Crippen LogP contribution in [0.1, 0.15) is 19.4 Å². The van der Waals surface area contributed by atoms with E-state index in [1.807, 2.05) is 37.3 Å². The highest BCUT2D eigenvalue weighted by Crippen LogP contribution is 2.30. The van der Waals surface area contributed by atoms with Crippen molar-refractivity contribution in [3.05, 3.63) is 41.6 Å². The second-order valence-corrected chi connectivity index (χ2v) is 4.97. The molecule has 0 aliphatic heterocycles. The number of nitrogens with two attached hydrogens (primary N) is 1. The summed E-state index contributed by atoms with van der Waals surface area (Å²) < 4.78 is 6.35. The van der Waals surface area contributed by atoms with Crippen LogP contribution in [0.5, 0.6) is 0 Å². The number of hydrazine groups is 1. The molecule has 1 amide bonds. The lowest BCUT2D eigenvalue weighted by Crippen LogP contribution is -2.24. The minimum Gasteiger partial charge on any atom is -0.450 e. The lowest BCUT2D eigenvalue weighted by Gasteiger charge is -2.16. The summed E-state index contributed by atoms with van der Waals surface area (Å²) in [6.45, 7) is 3.92. The first-order chi connectivity index (χ1) is 9.04. The van der Waals surface area contributed by atoms with Crippen molar-refractivity contribution in [1.82, 2.24) is 9.73 Å². The second kappa shape index (κ2) is 7.83. The maximum Gasteiger partial charge on any atom is 0.411 e. The molecular weight excluding hydrogens is 262 g/mol. The summed E-state index contributed by atoms with van der Waals surface area (Å²) in [6.07, 6.45) is -0.464.